The van der Waals surface area contributed by atoms with Crippen molar-refractivity contribution in [3.8, 4) is 0 Å². The maximum Gasteiger partial charge on any atom is 0.244 e. The number of hydrogen-bond acceptors (Lipinski definition) is 4. The Kier molecular flexibility index (Phi) is 4.43. The van der Waals surface area contributed by atoms with Gasteiger partial charge in [0.05, 0.1) is 5.69 Å². The van der Waals surface area contributed by atoms with Crippen molar-refractivity contribution in [2.24, 2.45) is 0 Å². The van der Waals surface area contributed by atoms with E-state index in [1.807, 2.05) is 6.07 Å². The number of rotatable bonds is 4. The first-order chi connectivity index (χ1) is 8.93. The molecular weight excluding hydrogens is 280 g/mol. The van der Waals surface area contributed by atoms with Crippen LogP contribution in [-0.4, -0.2) is 32.1 Å². The smallest absolute Gasteiger partial charge is 0.244 e. The normalized spacial score (nSPS) is 17.2. The number of benzene rings is 1. The molecular formula is C13H20N2O2S2. The van der Waals surface area contributed by atoms with E-state index in [9.17, 15) is 8.42 Å². The lowest BCUT2D eigenvalue weighted by molar-refractivity contribution is 0.521. The van der Waals surface area contributed by atoms with Gasteiger partial charge in [0.25, 0.3) is 0 Å². The molecule has 1 saturated carbocycles. The summed E-state index contributed by atoms with van der Waals surface area (Å²) in [7, 11) is -0.430. The monoisotopic (exact) mass is 300 g/mol. The highest BCUT2D eigenvalue weighted by Gasteiger charge is 2.23. The van der Waals surface area contributed by atoms with Crippen LogP contribution >= 0.6 is 11.8 Å². The molecule has 1 aromatic rings. The van der Waals surface area contributed by atoms with Gasteiger partial charge < -0.3 is 5.73 Å². The summed E-state index contributed by atoms with van der Waals surface area (Å²) in [6.45, 7) is 0. The van der Waals surface area contributed by atoms with Gasteiger partial charge in [-0.3, -0.25) is 0 Å². The lowest BCUT2D eigenvalue weighted by atomic mass is 10.3. The maximum absolute atomic E-state index is 12.2. The first kappa shape index (κ1) is 14.7. The average Bonchev–Trinajstić information content (AvgIpc) is 2.84. The van der Waals surface area contributed by atoms with Gasteiger partial charge in [0.15, 0.2) is 0 Å². The third-order valence-corrected chi connectivity index (χ3v) is 6.67. The molecule has 1 aliphatic carbocycles. The van der Waals surface area contributed by atoms with Gasteiger partial charge in [-0.25, -0.2) is 12.7 Å². The van der Waals surface area contributed by atoms with E-state index in [0.29, 0.717) is 10.9 Å². The van der Waals surface area contributed by atoms with Crippen LogP contribution in [0.1, 0.15) is 25.7 Å². The van der Waals surface area contributed by atoms with Crippen molar-refractivity contribution in [1.29, 1.82) is 0 Å². The third kappa shape index (κ3) is 3.07. The molecule has 0 radical (unpaired) electrons. The Hall–Kier alpha value is -0.720. The minimum Gasteiger partial charge on any atom is -0.397 e. The summed E-state index contributed by atoms with van der Waals surface area (Å²) in [6.07, 6.45) is 4.89. The summed E-state index contributed by atoms with van der Waals surface area (Å²) in [5, 5.41) is 0.569. The lowest BCUT2D eigenvalue weighted by Gasteiger charge is -2.16. The minimum atomic E-state index is -3.47. The summed E-state index contributed by atoms with van der Waals surface area (Å²) >= 11 is 1.71. The highest BCUT2D eigenvalue weighted by molar-refractivity contribution is 8.00. The molecule has 0 aliphatic heterocycles. The molecule has 0 spiro atoms. The molecule has 0 heterocycles. The van der Waals surface area contributed by atoms with E-state index >= 15 is 0 Å². The third-order valence-electron chi connectivity index (χ3n) is 3.38. The van der Waals surface area contributed by atoms with Gasteiger partial charge in [-0.2, -0.15) is 0 Å². The molecule has 2 N–H and O–H groups in total. The Morgan fingerprint density at radius 3 is 2.47 bits per heavy atom. The van der Waals surface area contributed by atoms with Crippen molar-refractivity contribution in [3.63, 3.8) is 0 Å². The van der Waals surface area contributed by atoms with Crippen molar-refractivity contribution in [2.45, 2.75) is 40.7 Å². The molecule has 1 aliphatic rings. The van der Waals surface area contributed by atoms with E-state index in [4.69, 9.17) is 5.73 Å². The first-order valence-electron chi connectivity index (χ1n) is 6.40. The van der Waals surface area contributed by atoms with Crippen molar-refractivity contribution in [2.75, 3.05) is 19.8 Å². The molecule has 0 atom stereocenters. The number of sulfonamides is 1. The van der Waals surface area contributed by atoms with E-state index in [1.165, 1.54) is 44.1 Å². The van der Waals surface area contributed by atoms with Gasteiger partial charge >= 0.3 is 0 Å². The van der Waals surface area contributed by atoms with Crippen LogP contribution in [0.4, 0.5) is 5.69 Å². The van der Waals surface area contributed by atoms with Crippen molar-refractivity contribution in [1.82, 2.24) is 4.31 Å². The maximum atomic E-state index is 12.2. The molecule has 2 rings (SSSR count). The molecule has 106 valence electrons. The number of para-hydroxylation sites is 1. The largest absolute Gasteiger partial charge is 0.397 e. The molecule has 0 aromatic heterocycles. The molecule has 0 unspecified atom stereocenters. The quantitative estimate of drug-likeness (QED) is 0.868. The summed E-state index contributed by atoms with van der Waals surface area (Å²) in [6, 6.07) is 5.25. The Morgan fingerprint density at radius 1 is 1.26 bits per heavy atom. The zero-order chi connectivity index (χ0) is 14.0. The van der Waals surface area contributed by atoms with Crippen LogP contribution in [0.5, 0.6) is 0 Å². The van der Waals surface area contributed by atoms with E-state index in [0.717, 1.165) is 4.90 Å². The molecule has 4 nitrogen and oxygen atoms in total. The van der Waals surface area contributed by atoms with Crippen LogP contribution in [0.3, 0.4) is 0 Å². The van der Waals surface area contributed by atoms with Crippen molar-refractivity contribution >= 4 is 27.5 Å². The average molecular weight is 300 g/mol. The molecule has 0 amide bonds. The molecule has 1 aromatic carbocycles. The van der Waals surface area contributed by atoms with Crippen molar-refractivity contribution in [3.05, 3.63) is 18.2 Å². The first-order valence-corrected chi connectivity index (χ1v) is 8.72. The van der Waals surface area contributed by atoms with E-state index < -0.39 is 10.0 Å². The second-order valence-electron chi connectivity index (χ2n) is 4.98. The zero-order valence-corrected chi connectivity index (χ0v) is 12.9. The van der Waals surface area contributed by atoms with E-state index in [2.05, 4.69) is 0 Å². The second kappa shape index (κ2) is 5.73. The van der Waals surface area contributed by atoms with Crippen LogP contribution in [0, 0.1) is 0 Å². The van der Waals surface area contributed by atoms with Gasteiger partial charge in [-0.05, 0) is 25.0 Å². The van der Waals surface area contributed by atoms with Crippen LogP contribution < -0.4 is 5.73 Å². The van der Waals surface area contributed by atoms with Crippen LogP contribution in [0.15, 0.2) is 28.0 Å². The fraction of sp³-hybridized carbons (Fsp3) is 0.538. The summed E-state index contributed by atoms with van der Waals surface area (Å²) < 4.78 is 25.6. The number of hydrogen-bond donors (Lipinski definition) is 1. The summed E-state index contributed by atoms with van der Waals surface area (Å²) in [5.74, 6) is 0. The Morgan fingerprint density at radius 2 is 1.89 bits per heavy atom. The standard InChI is InChI=1S/C13H20N2O2S2/c1-15(2)19(16,17)12-9-5-8-11(13(12)14)18-10-6-3-4-7-10/h5,8-10H,3-4,6-7,14H2,1-2H3. The highest BCUT2D eigenvalue weighted by Crippen LogP contribution is 2.39. The van der Waals surface area contributed by atoms with Crippen LogP contribution in [-0.2, 0) is 10.0 Å². The van der Waals surface area contributed by atoms with Gasteiger partial charge in [-0.15, -0.1) is 11.8 Å². The van der Waals surface area contributed by atoms with Crippen LogP contribution in [0.2, 0.25) is 0 Å². The number of nitrogens with zero attached hydrogens (tertiary/aromatic N) is 1. The van der Waals surface area contributed by atoms with Gasteiger partial charge in [0, 0.05) is 24.2 Å². The molecule has 6 heteroatoms. The fourth-order valence-electron chi connectivity index (χ4n) is 2.23. The predicted molar refractivity (Wildman–Crippen MR) is 79.8 cm³/mol. The zero-order valence-electron chi connectivity index (χ0n) is 11.3. The van der Waals surface area contributed by atoms with E-state index in [1.54, 1.807) is 23.9 Å². The van der Waals surface area contributed by atoms with Crippen molar-refractivity contribution < 1.29 is 8.42 Å². The highest BCUT2D eigenvalue weighted by atomic mass is 32.2. The summed E-state index contributed by atoms with van der Waals surface area (Å²) in [4.78, 5) is 1.09. The number of thioether (sulfide) groups is 1. The Bertz CT molecular complexity index is 550. The summed E-state index contributed by atoms with van der Waals surface area (Å²) in [5.41, 5.74) is 6.44. The number of nitrogen functional groups attached to an aromatic ring is 1. The molecule has 19 heavy (non-hydrogen) atoms. The number of nitrogens with two attached hydrogens (primary N) is 1. The molecule has 0 bridgehead atoms. The minimum absolute atomic E-state index is 0.209. The molecule has 0 saturated heterocycles. The van der Waals surface area contributed by atoms with E-state index in [-0.39, 0.29) is 4.90 Å². The Balaban J connectivity index is 2.32. The van der Waals surface area contributed by atoms with Gasteiger partial charge in [-0.1, -0.05) is 18.9 Å². The second-order valence-corrected chi connectivity index (χ2v) is 8.44. The van der Waals surface area contributed by atoms with Gasteiger partial charge in [0.1, 0.15) is 4.90 Å². The van der Waals surface area contributed by atoms with Gasteiger partial charge in [0.2, 0.25) is 10.0 Å². The number of anilines is 1. The SMILES string of the molecule is CN(C)S(=O)(=O)c1cccc(SC2CCCC2)c1N. The lowest BCUT2D eigenvalue weighted by Crippen LogP contribution is -2.23. The Labute approximate surface area is 119 Å². The topological polar surface area (TPSA) is 63.4 Å². The van der Waals surface area contributed by atoms with Crippen LogP contribution in [0.25, 0.3) is 0 Å². The predicted octanol–water partition coefficient (Wildman–Crippen LogP) is 2.55. The fourth-order valence-corrected chi connectivity index (χ4v) is 4.65. The molecule has 1 fully saturated rings.